The quantitative estimate of drug-likeness (QED) is 0.878. The van der Waals surface area contributed by atoms with Crippen LogP contribution in [-0.2, 0) is 11.3 Å². The Balaban J connectivity index is 2.44. The van der Waals surface area contributed by atoms with Crippen LogP contribution in [0.5, 0.6) is 0 Å². The highest BCUT2D eigenvalue weighted by Crippen LogP contribution is 2.31. The Morgan fingerprint density at radius 1 is 1.37 bits per heavy atom. The Kier molecular flexibility index (Phi) is 3.49. The lowest BCUT2D eigenvalue weighted by Gasteiger charge is -2.46. The van der Waals surface area contributed by atoms with Gasteiger partial charge in [-0.2, -0.15) is 0 Å². The number of likely N-dealkylation sites (N-methyl/N-ethyl adjacent to an activating group) is 1. The molecule has 1 fully saturated rings. The molecule has 1 aromatic rings. The predicted octanol–water partition coefficient (Wildman–Crippen LogP) is 1.34. The van der Waals surface area contributed by atoms with Crippen molar-refractivity contribution in [1.82, 2.24) is 4.90 Å². The maximum Gasteiger partial charge on any atom is 0.247 e. The molecule has 1 heterocycles. The van der Waals surface area contributed by atoms with Gasteiger partial charge < -0.3 is 15.5 Å². The van der Waals surface area contributed by atoms with Gasteiger partial charge in [0.1, 0.15) is 11.4 Å². The van der Waals surface area contributed by atoms with Crippen molar-refractivity contribution in [3.05, 3.63) is 29.6 Å². The fraction of sp³-hybridized carbons (Fsp3) is 0.500. The Bertz CT molecular complexity index is 501. The fourth-order valence-electron chi connectivity index (χ4n) is 2.62. The summed E-state index contributed by atoms with van der Waals surface area (Å²) in [7, 11) is 1.80. The normalized spacial score (nSPS) is 18.9. The molecule has 1 aromatic carbocycles. The van der Waals surface area contributed by atoms with Gasteiger partial charge in [-0.25, -0.2) is 4.39 Å². The molecule has 1 amide bonds. The van der Waals surface area contributed by atoms with Gasteiger partial charge in [-0.3, -0.25) is 4.79 Å². The van der Waals surface area contributed by atoms with Crippen molar-refractivity contribution >= 4 is 11.6 Å². The maximum atomic E-state index is 13.3. The van der Waals surface area contributed by atoms with Crippen LogP contribution in [0.25, 0.3) is 0 Å². The molecule has 0 saturated carbocycles. The predicted molar refractivity (Wildman–Crippen MR) is 73.4 cm³/mol. The van der Waals surface area contributed by atoms with Crippen LogP contribution in [0.4, 0.5) is 10.1 Å². The van der Waals surface area contributed by atoms with Crippen LogP contribution in [0.3, 0.4) is 0 Å². The van der Waals surface area contributed by atoms with E-state index in [9.17, 15) is 9.18 Å². The Labute approximate surface area is 113 Å². The molecule has 0 bridgehead atoms. The van der Waals surface area contributed by atoms with E-state index in [1.807, 2.05) is 18.7 Å². The summed E-state index contributed by atoms with van der Waals surface area (Å²) in [4.78, 5) is 16.0. The minimum atomic E-state index is -0.644. The van der Waals surface area contributed by atoms with Crippen molar-refractivity contribution in [2.24, 2.45) is 5.73 Å². The van der Waals surface area contributed by atoms with E-state index in [1.54, 1.807) is 18.0 Å². The summed E-state index contributed by atoms with van der Waals surface area (Å²) >= 11 is 0. The molecule has 2 N–H and O–H groups in total. The highest BCUT2D eigenvalue weighted by molar-refractivity contribution is 5.90. The number of carbonyl (C=O) groups excluding carboxylic acids is 1. The number of anilines is 1. The van der Waals surface area contributed by atoms with E-state index in [1.165, 1.54) is 12.1 Å². The SMILES string of the molecule is CN1CCN(c2ccc(F)cc2CN)C(C)(C)C1=O. The molecule has 2 rings (SSSR count). The maximum absolute atomic E-state index is 13.3. The first kappa shape index (κ1) is 13.8. The summed E-state index contributed by atoms with van der Waals surface area (Å²) in [5, 5.41) is 0. The average molecular weight is 265 g/mol. The lowest BCUT2D eigenvalue weighted by Crippen LogP contribution is -2.62. The van der Waals surface area contributed by atoms with Crippen molar-refractivity contribution in [2.45, 2.75) is 25.9 Å². The molecule has 0 atom stereocenters. The zero-order chi connectivity index (χ0) is 14.2. The summed E-state index contributed by atoms with van der Waals surface area (Å²) in [6.07, 6.45) is 0. The van der Waals surface area contributed by atoms with E-state index in [2.05, 4.69) is 0 Å². The van der Waals surface area contributed by atoms with E-state index in [0.29, 0.717) is 13.1 Å². The molecule has 4 nitrogen and oxygen atoms in total. The third-order valence-electron chi connectivity index (χ3n) is 3.76. The van der Waals surface area contributed by atoms with Gasteiger partial charge in [-0.05, 0) is 37.6 Å². The monoisotopic (exact) mass is 265 g/mol. The smallest absolute Gasteiger partial charge is 0.247 e. The van der Waals surface area contributed by atoms with Crippen LogP contribution in [0.2, 0.25) is 0 Å². The van der Waals surface area contributed by atoms with Crippen molar-refractivity contribution in [3.8, 4) is 0 Å². The van der Waals surface area contributed by atoms with Crippen molar-refractivity contribution in [3.63, 3.8) is 0 Å². The molecule has 0 unspecified atom stereocenters. The van der Waals surface area contributed by atoms with Gasteiger partial charge in [0, 0.05) is 32.4 Å². The molecule has 1 aliphatic rings. The van der Waals surface area contributed by atoms with Crippen molar-refractivity contribution < 1.29 is 9.18 Å². The number of hydrogen-bond donors (Lipinski definition) is 1. The van der Waals surface area contributed by atoms with Crippen molar-refractivity contribution in [1.29, 1.82) is 0 Å². The third-order valence-corrected chi connectivity index (χ3v) is 3.76. The molecule has 0 radical (unpaired) electrons. The van der Waals surface area contributed by atoms with Crippen LogP contribution >= 0.6 is 0 Å². The number of nitrogens with two attached hydrogens (primary N) is 1. The van der Waals surface area contributed by atoms with Crippen LogP contribution < -0.4 is 10.6 Å². The van der Waals surface area contributed by atoms with E-state index in [4.69, 9.17) is 5.73 Å². The summed E-state index contributed by atoms with van der Waals surface area (Å²) in [6, 6.07) is 4.56. The van der Waals surface area contributed by atoms with Crippen molar-refractivity contribution in [2.75, 3.05) is 25.0 Å². The van der Waals surface area contributed by atoms with E-state index < -0.39 is 5.54 Å². The number of rotatable bonds is 2. The zero-order valence-electron chi connectivity index (χ0n) is 11.6. The Morgan fingerprint density at radius 3 is 2.68 bits per heavy atom. The number of piperazine rings is 1. The number of halogens is 1. The minimum Gasteiger partial charge on any atom is -0.355 e. The van der Waals surface area contributed by atoms with Gasteiger partial charge in [-0.15, -0.1) is 0 Å². The Morgan fingerprint density at radius 2 is 2.05 bits per heavy atom. The van der Waals surface area contributed by atoms with Gasteiger partial charge in [-0.1, -0.05) is 0 Å². The van der Waals surface area contributed by atoms with Crippen LogP contribution in [0, 0.1) is 5.82 Å². The lowest BCUT2D eigenvalue weighted by molar-refractivity contribution is -0.136. The molecule has 1 saturated heterocycles. The lowest BCUT2D eigenvalue weighted by atomic mass is 9.95. The molecule has 0 aliphatic carbocycles. The van der Waals surface area contributed by atoms with Crippen LogP contribution in [0.1, 0.15) is 19.4 Å². The summed E-state index contributed by atoms with van der Waals surface area (Å²) in [5.41, 5.74) is 6.61. The fourth-order valence-corrected chi connectivity index (χ4v) is 2.62. The largest absolute Gasteiger partial charge is 0.355 e. The first-order valence-corrected chi connectivity index (χ1v) is 6.39. The first-order chi connectivity index (χ1) is 8.87. The molecular formula is C14H20FN3O. The molecular weight excluding hydrogens is 245 g/mol. The topological polar surface area (TPSA) is 49.6 Å². The second-order valence-electron chi connectivity index (χ2n) is 5.41. The van der Waals surface area contributed by atoms with E-state index in [-0.39, 0.29) is 18.3 Å². The van der Waals surface area contributed by atoms with Gasteiger partial charge in [0.25, 0.3) is 0 Å². The number of benzene rings is 1. The number of hydrogen-bond acceptors (Lipinski definition) is 3. The van der Waals surface area contributed by atoms with Gasteiger partial charge in [0.2, 0.25) is 5.91 Å². The summed E-state index contributed by atoms with van der Waals surface area (Å²) in [5.74, 6) is -0.242. The van der Waals surface area contributed by atoms with Crippen LogP contribution in [-0.4, -0.2) is 36.5 Å². The zero-order valence-corrected chi connectivity index (χ0v) is 11.6. The van der Waals surface area contributed by atoms with Crippen LogP contribution in [0.15, 0.2) is 18.2 Å². The molecule has 104 valence electrons. The van der Waals surface area contributed by atoms with E-state index in [0.717, 1.165) is 11.3 Å². The highest BCUT2D eigenvalue weighted by Gasteiger charge is 2.41. The van der Waals surface area contributed by atoms with Gasteiger partial charge in [0.05, 0.1) is 0 Å². The number of carbonyl (C=O) groups is 1. The van der Waals surface area contributed by atoms with Gasteiger partial charge in [0.15, 0.2) is 0 Å². The number of nitrogens with zero attached hydrogens (tertiary/aromatic N) is 2. The van der Waals surface area contributed by atoms with E-state index >= 15 is 0 Å². The molecule has 0 aromatic heterocycles. The highest BCUT2D eigenvalue weighted by atomic mass is 19.1. The third kappa shape index (κ3) is 2.30. The molecule has 1 aliphatic heterocycles. The molecule has 5 heteroatoms. The molecule has 19 heavy (non-hydrogen) atoms. The van der Waals surface area contributed by atoms with Gasteiger partial charge >= 0.3 is 0 Å². The second kappa shape index (κ2) is 4.81. The number of amides is 1. The first-order valence-electron chi connectivity index (χ1n) is 6.39. The standard InChI is InChI=1S/C14H20FN3O/c1-14(2)13(19)17(3)6-7-18(14)12-5-4-11(15)8-10(12)9-16/h4-5,8H,6-7,9,16H2,1-3H3. The second-order valence-corrected chi connectivity index (χ2v) is 5.41. The summed E-state index contributed by atoms with van der Waals surface area (Å²) in [6.45, 7) is 5.39. The average Bonchev–Trinajstić information content (AvgIpc) is 2.37. The molecule has 0 spiro atoms. The Hall–Kier alpha value is -1.62. The minimum absolute atomic E-state index is 0.0612. The summed E-state index contributed by atoms with van der Waals surface area (Å²) < 4.78 is 13.3.